The largest absolute Gasteiger partial charge is 0.433 e. The summed E-state index contributed by atoms with van der Waals surface area (Å²) in [5.74, 6) is -1.39. The third kappa shape index (κ3) is 4.67. The summed E-state index contributed by atoms with van der Waals surface area (Å²) in [6.45, 7) is 6.03. The molecule has 4 aromatic heterocycles. The molecule has 4 rings (SSSR count). The monoisotopic (exact) mass is 539 g/mol. The zero-order chi connectivity index (χ0) is 26.4. The average molecular weight is 540 g/mol. The Hall–Kier alpha value is -3.45. The zero-order valence-corrected chi connectivity index (χ0v) is 21.0. The molecular formula is C22H21ClF3N7O2S. The van der Waals surface area contributed by atoms with Crippen LogP contribution >= 0.6 is 22.9 Å². The van der Waals surface area contributed by atoms with E-state index < -0.39 is 23.7 Å². The minimum atomic E-state index is -4.74. The van der Waals surface area contributed by atoms with Crippen LogP contribution in [0.3, 0.4) is 0 Å². The van der Waals surface area contributed by atoms with Crippen molar-refractivity contribution in [1.29, 1.82) is 0 Å². The molecule has 0 unspecified atom stereocenters. The van der Waals surface area contributed by atoms with Crippen molar-refractivity contribution < 1.29 is 22.8 Å². The lowest BCUT2D eigenvalue weighted by Gasteiger charge is -2.12. The number of rotatable bonds is 7. The lowest BCUT2D eigenvalue weighted by molar-refractivity contribution is -0.140. The number of hydrogen-bond acceptors (Lipinski definition) is 6. The van der Waals surface area contributed by atoms with Gasteiger partial charge in [-0.1, -0.05) is 11.6 Å². The van der Waals surface area contributed by atoms with Gasteiger partial charge in [0, 0.05) is 29.6 Å². The van der Waals surface area contributed by atoms with Gasteiger partial charge < -0.3 is 11.1 Å². The maximum atomic E-state index is 13.7. The number of nitrogens with one attached hydrogen (secondary N) is 1. The molecule has 9 nitrogen and oxygen atoms in total. The summed E-state index contributed by atoms with van der Waals surface area (Å²) < 4.78 is 44.3. The molecule has 0 atom stereocenters. The zero-order valence-electron chi connectivity index (χ0n) is 19.4. The topological polar surface area (TPSA) is 121 Å². The maximum Gasteiger partial charge on any atom is 0.433 e. The predicted molar refractivity (Wildman–Crippen MR) is 130 cm³/mol. The lowest BCUT2D eigenvalue weighted by atomic mass is 10.0. The number of alkyl halides is 3. The molecule has 0 saturated carbocycles. The number of carbonyl (C=O) groups is 2. The molecule has 0 radical (unpaired) electrons. The molecule has 0 aromatic carbocycles. The van der Waals surface area contributed by atoms with Crippen molar-refractivity contribution in [3.8, 4) is 11.1 Å². The molecule has 14 heteroatoms. The van der Waals surface area contributed by atoms with Crippen molar-refractivity contribution >= 4 is 50.7 Å². The van der Waals surface area contributed by atoms with Crippen LogP contribution in [0.25, 0.3) is 21.3 Å². The fraction of sp³-hybridized carbons (Fsp3) is 0.318. The Balaban J connectivity index is 1.84. The highest BCUT2D eigenvalue weighted by atomic mass is 35.5. The first-order valence-electron chi connectivity index (χ1n) is 10.8. The van der Waals surface area contributed by atoms with Gasteiger partial charge in [-0.3, -0.25) is 19.0 Å². The van der Waals surface area contributed by atoms with Gasteiger partial charge in [0.25, 0.3) is 5.91 Å². The van der Waals surface area contributed by atoms with Crippen molar-refractivity contribution in [3.63, 3.8) is 0 Å². The minimum absolute atomic E-state index is 0.0163. The quantitative estimate of drug-likeness (QED) is 0.350. The number of carbonyl (C=O) groups excluding carboxylic acids is 2. The number of anilines is 1. The van der Waals surface area contributed by atoms with E-state index in [2.05, 4.69) is 20.5 Å². The van der Waals surface area contributed by atoms with Crippen molar-refractivity contribution in [2.75, 3.05) is 5.32 Å². The van der Waals surface area contributed by atoms with Gasteiger partial charge in [0.15, 0.2) is 0 Å². The number of aryl methyl sites for hydroxylation is 2. The molecule has 36 heavy (non-hydrogen) atoms. The number of primary amides is 1. The fourth-order valence-electron chi connectivity index (χ4n) is 3.84. The number of nitrogens with zero attached hydrogens (tertiary/aromatic N) is 5. The van der Waals surface area contributed by atoms with Crippen LogP contribution in [0.4, 0.5) is 18.9 Å². The van der Waals surface area contributed by atoms with E-state index >= 15 is 0 Å². The van der Waals surface area contributed by atoms with Crippen LogP contribution in [0, 0.1) is 13.8 Å². The highest BCUT2D eigenvalue weighted by molar-refractivity contribution is 7.21. The van der Waals surface area contributed by atoms with Crippen molar-refractivity contribution in [3.05, 3.63) is 45.4 Å². The Morgan fingerprint density at radius 3 is 2.39 bits per heavy atom. The number of aromatic nitrogens is 5. The number of thiophene rings is 1. The molecule has 3 N–H and O–H groups in total. The van der Waals surface area contributed by atoms with E-state index in [-0.39, 0.29) is 39.3 Å². The van der Waals surface area contributed by atoms with Crippen LogP contribution in [-0.2, 0) is 24.1 Å². The number of halogens is 4. The number of hydrogen-bond donors (Lipinski definition) is 2. The second-order valence-corrected chi connectivity index (χ2v) is 9.37. The Bertz CT molecular complexity index is 1490. The van der Waals surface area contributed by atoms with Crippen molar-refractivity contribution in [1.82, 2.24) is 24.5 Å². The van der Waals surface area contributed by atoms with E-state index in [1.165, 1.54) is 12.4 Å². The summed E-state index contributed by atoms with van der Waals surface area (Å²) in [6.07, 6.45) is -1.86. The summed E-state index contributed by atoms with van der Waals surface area (Å²) in [4.78, 5) is 28.7. The van der Waals surface area contributed by atoms with E-state index in [0.29, 0.717) is 39.9 Å². The molecule has 190 valence electrons. The van der Waals surface area contributed by atoms with E-state index in [1.54, 1.807) is 23.2 Å². The second-order valence-electron chi connectivity index (χ2n) is 7.96. The Labute approximate surface area is 212 Å². The van der Waals surface area contributed by atoms with E-state index in [1.807, 2.05) is 6.92 Å². The second kappa shape index (κ2) is 9.54. The maximum absolute atomic E-state index is 13.7. The first-order chi connectivity index (χ1) is 16.9. The molecule has 0 bridgehead atoms. The summed E-state index contributed by atoms with van der Waals surface area (Å²) >= 11 is 6.69. The van der Waals surface area contributed by atoms with Gasteiger partial charge in [-0.15, -0.1) is 11.3 Å². The normalized spacial score (nSPS) is 11.9. The average Bonchev–Trinajstić information content (AvgIpc) is 3.47. The van der Waals surface area contributed by atoms with Crippen LogP contribution in [-0.4, -0.2) is 36.4 Å². The first-order valence-corrected chi connectivity index (χ1v) is 12.0. The van der Waals surface area contributed by atoms with Gasteiger partial charge in [0.05, 0.1) is 35.3 Å². The molecule has 0 aliphatic carbocycles. The molecule has 4 heterocycles. The highest BCUT2D eigenvalue weighted by Gasteiger charge is 2.35. The molecule has 0 fully saturated rings. The standard InChI is InChI=1S/C22H21ClF3N7O2S/c1-4-32-10(2)13(8-28-32)12-7-15(22(24,25)26)30-21-17(12)18(19(36-21)20(27)35)31-16(34)5-6-33-11(3)14(23)9-29-33/h7-9H,4-6H2,1-3H3,(H2,27,35)(H,31,34). The van der Waals surface area contributed by atoms with Crippen LogP contribution in [0.2, 0.25) is 5.02 Å². The molecule has 0 aliphatic rings. The third-order valence-electron chi connectivity index (χ3n) is 5.73. The Morgan fingerprint density at radius 1 is 1.14 bits per heavy atom. The lowest BCUT2D eigenvalue weighted by Crippen LogP contribution is -2.18. The molecule has 4 aromatic rings. The smallest absolute Gasteiger partial charge is 0.365 e. The SMILES string of the molecule is CCn1ncc(-c2cc(C(F)(F)F)nc3sc(C(N)=O)c(NC(=O)CCn4ncc(Cl)c4C)c23)c1C. The summed E-state index contributed by atoms with van der Waals surface area (Å²) in [5.41, 5.74) is 6.27. The highest BCUT2D eigenvalue weighted by Crippen LogP contribution is 2.44. The van der Waals surface area contributed by atoms with Gasteiger partial charge in [-0.05, 0) is 32.4 Å². The van der Waals surface area contributed by atoms with Crippen LogP contribution < -0.4 is 11.1 Å². The van der Waals surface area contributed by atoms with E-state index in [9.17, 15) is 22.8 Å². The number of pyridine rings is 1. The number of fused-ring (bicyclic) bond motifs is 1. The Kier molecular flexibility index (Phi) is 6.80. The van der Waals surface area contributed by atoms with Crippen molar-refractivity contribution in [2.24, 2.45) is 5.73 Å². The van der Waals surface area contributed by atoms with Gasteiger partial charge in [-0.2, -0.15) is 23.4 Å². The van der Waals surface area contributed by atoms with E-state index in [4.69, 9.17) is 17.3 Å². The van der Waals surface area contributed by atoms with Crippen LogP contribution in [0.15, 0.2) is 18.5 Å². The van der Waals surface area contributed by atoms with Crippen LogP contribution in [0.1, 0.15) is 40.1 Å². The number of amides is 2. The number of nitrogens with two attached hydrogens (primary N) is 1. The fourth-order valence-corrected chi connectivity index (χ4v) is 4.99. The molecule has 2 amide bonds. The van der Waals surface area contributed by atoms with Crippen molar-refractivity contribution in [2.45, 2.75) is 46.5 Å². The van der Waals surface area contributed by atoms with Gasteiger partial charge in [-0.25, -0.2) is 4.98 Å². The van der Waals surface area contributed by atoms with Crippen LogP contribution in [0.5, 0.6) is 0 Å². The summed E-state index contributed by atoms with van der Waals surface area (Å²) in [6, 6.07) is 0.897. The van der Waals surface area contributed by atoms with E-state index in [0.717, 1.165) is 6.07 Å². The summed E-state index contributed by atoms with van der Waals surface area (Å²) in [7, 11) is 0. The molecular weight excluding hydrogens is 519 g/mol. The minimum Gasteiger partial charge on any atom is -0.365 e. The molecule has 0 spiro atoms. The molecule has 0 saturated heterocycles. The van der Waals surface area contributed by atoms with Gasteiger partial charge in [0.2, 0.25) is 5.91 Å². The van der Waals surface area contributed by atoms with Gasteiger partial charge in [0.1, 0.15) is 15.4 Å². The van der Waals surface area contributed by atoms with Gasteiger partial charge >= 0.3 is 6.18 Å². The predicted octanol–water partition coefficient (Wildman–Crippen LogP) is 4.79. The third-order valence-corrected chi connectivity index (χ3v) is 7.20. The first kappa shape index (κ1) is 25.6. The Morgan fingerprint density at radius 2 is 1.83 bits per heavy atom. The summed E-state index contributed by atoms with van der Waals surface area (Å²) in [5, 5.41) is 11.6. The molecule has 0 aliphatic heterocycles.